The van der Waals surface area contributed by atoms with Crippen molar-refractivity contribution in [3.05, 3.63) is 131 Å². The van der Waals surface area contributed by atoms with E-state index >= 15 is 0 Å². The number of hydrogen-bond acceptors (Lipinski definition) is 1. The van der Waals surface area contributed by atoms with Crippen LogP contribution in [0.5, 0.6) is 0 Å². The maximum atomic E-state index is 12.0. The van der Waals surface area contributed by atoms with Gasteiger partial charge in [-0.15, -0.1) is 6.42 Å². The predicted molar refractivity (Wildman–Crippen MR) is 169 cm³/mol. The van der Waals surface area contributed by atoms with Gasteiger partial charge in [0.15, 0.2) is 5.60 Å². The average molecular weight is 530 g/mol. The summed E-state index contributed by atoms with van der Waals surface area (Å²) in [6.45, 7) is 4.24. The van der Waals surface area contributed by atoms with Gasteiger partial charge in [0.05, 0.1) is 11.1 Å². The fourth-order valence-corrected chi connectivity index (χ4v) is 6.39. The van der Waals surface area contributed by atoms with Gasteiger partial charge in [-0.2, -0.15) is 0 Å². The topological polar surface area (TPSA) is 25.2 Å². The second-order valence-corrected chi connectivity index (χ2v) is 11.7. The molecule has 198 valence electrons. The summed E-state index contributed by atoms with van der Waals surface area (Å²) in [5.41, 5.74) is 7.43. The molecule has 1 aromatic heterocycles. The van der Waals surface area contributed by atoms with Crippen LogP contribution in [0.15, 0.2) is 97.1 Å². The number of benzene rings is 3. The van der Waals surface area contributed by atoms with Gasteiger partial charge in [0, 0.05) is 39.1 Å². The Balaban J connectivity index is 1.36. The molecule has 0 amide bonds. The van der Waals surface area contributed by atoms with Crippen LogP contribution in [0.2, 0.25) is 0 Å². The van der Waals surface area contributed by atoms with Crippen LogP contribution in [0.3, 0.4) is 0 Å². The molecule has 0 fully saturated rings. The van der Waals surface area contributed by atoms with Crippen LogP contribution in [-0.4, -0.2) is 9.67 Å². The minimum Gasteiger partial charge on any atom is -0.369 e. The van der Waals surface area contributed by atoms with Gasteiger partial charge in [0.2, 0.25) is 0 Å². The molecule has 0 bridgehead atoms. The average Bonchev–Trinajstić information content (AvgIpc) is 3.28. The van der Waals surface area contributed by atoms with E-state index in [-0.39, 0.29) is 5.41 Å². The summed E-state index contributed by atoms with van der Waals surface area (Å²) in [6, 6.07) is 26.5. The fraction of sp³-hybridized carbons (Fsp3) is 0.179. The summed E-state index contributed by atoms with van der Waals surface area (Å²) in [7, 11) is 0. The number of hydrogen-bond donors (Lipinski definition) is 1. The summed E-state index contributed by atoms with van der Waals surface area (Å²) >= 11 is 0. The highest BCUT2D eigenvalue weighted by Gasteiger charge is 2.40. The summed E-state index contributed by atoms with van der Waals surface area (Å²) in [5.74, 6) is 9.80. The molecule has 0 saturated heterocycles. The van der Waals surface area contributed by atoms with E-state index < -0.39 is 11.0 Å². The zero-order valence-electron chi connectivity index (χ0n) is 23.4. The molecule has 3 aliphatic rings. The molecule has 2 unspecified atom stereocenters. The van der Waals surface area contributed by atoms with Crippen LogP contribution in [0.25, 0.3) is 35.0 Å². The molecule has 2 nitrogen and oxygen atoms in total. The largest absolute Gasteiger partial charge is 0.369 e. The monoisotopic (exact) mass is 529 g/mol. The number of aliphatic hydroxyl groups is 1. The van der Waals surface area contributed by atoms with Crippen molar-refractivity contribution in [1.29, 1.82) is 0 Å². The van der Waals surface area contributed by atoms with Crippen molar-refractivity contribution in [2.45, 2.75) is 32.3 Å². The number of nitrogens with zero attached hydrogens (tertiary/aromatic N) is 1. The molecule has 0 spiro atoms. The Morgan fingerprint density at radius 3 is 2.02 bits per heavy atom. The molecule has 3 aromatic carbocycles. The second-order valence-electron chi connectivity index (χ2n) is 11.7. The normalized spacial score (nSPS) is 22.7. The highest BCUT2D eigenvalue weighted by molar-refractivity contribution is 5.83. The van der Waals surface area contributed by atoms with Crippen LogP contribution < -0.4 is 0 Å². The molecule has 7 rings (SSSR count). The molecule has 0 radical (unpaired) electrons. The molecule has 1 heterocycles. The van der Waals surface area contributed by atoms with E-state index in [0.717, 1.165) is 46.5 Å². The van der Waals surface area contributed by atoms with E-state index in [1.807, 2.05) is 42.5 Å². The lowest BCUT2D eigenvalue weighted by molar-refractivity contribution is 0.150. The summed E-state index contributed by atoms with van der Waals surface area (Å²) < 4.78 is 2.37. The quantitative estimate of drug-likeness (QED) is 0.248. The molecule has 0 saturated carbocycles. The van der Waals surface area contributed by atoms with Crippen molar-refractivity contribution in [3.8, 4) is 41.0 Å². The van der Waals surface area contributed by atoms with Gasteiger partial charge in [-0.1, -0.05) is 115 Å². The van der Waals surface area contributed by atoms with Crippen LogP contribution in [0.1, 0.15) is 53.9 Å². The van der Waals surface area contributed by atoms with Crippen molar-refractivity contribution in [3.63, 3.8) is 0 Å². The van der Waals surface area contributed by atoms with Crippen molar-refractivity contribution in [2.75, 3.05) is 0 Å². The minimum atomic E-state index is -1.37. The minimum absolute atomic E-state index is 0.277. The van der Waals surface area contributed by atoms with Crippen molar-refractivity contribution < 1.29 is 5.11 Å². The molecule has 0 aliphatic heterocycles. The smallest absolute Gasteiger partial charge is 0.178 e. The molecular formula is C39H31NO. The maximum absolute atomic E-state index is 12.0. The highest BCUT2D eigenvalue weighted by Crippen LogP contribution is 2.47. The van der Waals surface area contributed by atoms with E-state index in [2.05, 4.69) is 109 Å². The number of allylic oxidation sites excluding steroid dienone is 3. The Bertz CT molecular complexity index is 1850. The lowest BCUT2D eigenvalue weighted by atomic mass is 9.86. The zero-order chi connectivity index (χ0) is 28.2. The SMILES string of the molecule is C#CC1(C)C=Cc2c3c(n(-c4ccccc4)c2CC1)C=CC(C)(C#CC1(O)c2ccccc2-c2ccccc21)C=C3. The van der Waals surface area contributed by atoms with Crippen molar-refractivity contribution in [2.24, 2.45) is 10.8 Å². The Kier molecular flexibility index (Phi) is 5.62. The van der Waals surface area contributed by atoms with Crippen molar-refractivity contribution in [1.82, 2.24) is 4.57 Å². The summed E-state index contributed by atoms with van der Waals surface area (Å²) in [5, 5.41) is 12.0. The van der Waals surface area contributed by atoms with Crippen LogP contribution in [0.4, 0.5) is 0 Å². The highest BCUT2D eigenvalue weighted by atomic mass is 16.3. The van der Waals surface area contributed by atoms with E-state index in [9.17, 15) is 5.11 Å². The molecular weight excluding hydrogens is 498 g/mol. The first-order chi connectivity index (χ1) is 19.8. The lowest BCUT2D eigenvalue weighted by Crippen LogP contribution is -2.23. The van der Waals surface area contributed by atoms with Gasteiger partial charge in [-0.3, -0.25) is 0 Å². The number of aromatic nitrogens is 1. The Labute approximate surface area is 242 Å². The Hall–Kier alpha value is -4.76. The second kappa shape index (κ2) is 9.14. The van der Waals surface area contributed by atoms with Gasteiger partial charge >= 0.3 is 0 Å². The Morgan fingerprint density at radius 2 is 1.34 bits per heavy atom. The summed E-state index contributed by atoms with van der Waals surface area (Å²) in [4.78, 5) is 0. The number of terminal acetylenes is 1. The molecule has 4 aromatic rings. The first-order valence-electron chi connectivity index (χ1n) is 14.2. The summed E-state index contributed by atoms with van der Waals surface area (Å²) in [6.07, 6.45) is 20.8. The van der Waals surface area contributed by atoms with Crippen LogP contribution in [-0.2, 0) is 12.0 Å². The van der Waals surface area contributed by atoms with Crippen LogP contribution in [0, 0.1) is 35.0 Å². The third-order valence-corrected chi connectivity index (χ3v) is 8.85. The Morgan fingerprint density at radius 1 is 0.732 bits per heavy atom. The fourth-order valence-electron chi connectivity index (χ4n) is 6.39. The zero-order valence-corrected chi connectivity index (χ0v) is 23.4. The number of para-hydroxylation sites is 1. The van der Waals surface area contributed by atoms with Crippen molar-refractivity contribution >= 4 is 18.2 Å². The predicted octanol–water partition coefficient (Wildman–Crippen LogP) is 8.04. The van der Waals surface area contributed by atoms with Crippen LogP contribution >= 0.6 is 0 Å². The van der Waals surface area contributed by atoms with E-state index in [4.69, 9.17) is 6.42 Å². The first-order valence-corrected chi connectivity index (χ1v) is 14.2. The molecule has 3 aliphatic carbocycles. The standard InChI is InChI=1S/C39H31NO/c1-4-37(2)22-18-31-32-19-23-38(3,25-21-36(32)40(35(31)20-24-37)28-12-6-5-7-13-28)26-27-39(41)33-16-10-8-14-29(33)30-15-9-11-17-34(30)39/h1,5-19,21-23,25,41H,20,24H2,2-3H3. The van der Waals surface area contributed by atoms with E-state index in [0.29, 0.717) is 0 Å². The first kappa shape index (κ1) is 25.2. The van der Waals surface area contributed by atoms with Gasteiger partial charge in [0.1, 0.15) is 0 Å². The maximum Gasteiger partial charge on any atom is 0.178 e. The van der Waals surface area contributed by atoms with Gasteiger partial charge in [0.25, 0.3) is 0 Å². The molecule has 41 heavy (non-hydrogen) atoms. The number of fused-ring (bicyclic) bond motifs is 6. The van der Waals surface area contributed by atoms with E-state index in [1.165, 1.54) is 16.8 Å². The van der Waals surface area contributed by atoms with Gasteiger partial charge in [-0.25, -0.2) is 0 Å². The molecule has 2 atom stereocenters. The van der Waals surface area contributed by atoms with Gasteiger partial charge < -0.3 is 9.67 Å². The number of rotatable bonds is 1. The third kappa shape index (κ3) is 3.95. The van der Waals surface area contributed by atoms with Gasteiger partial charge in [-0.05, 0) is 56.0 Å². The third-order valence-electron chi connectivity index (χ3n) is 8.85. The molecule has 1 N–H and O–H groups in total. The molecule has 2 heteroatoms. The van der Waals surface area contributed by atoms with E-state index in [1.54, 1.807) is 0 Å². The lowest BCUT2D eigenvalue weighted by Gasteiger charge is -2.21.